The molecule has 0 spiro atoms. The van der Waals surface area contributed by atoms with E-state index in [9.17, 15) is 9.59 Å². The predicted molar refractivity (Wildman–Crippen MR) is 111 cm³/mol. The van der Waals surface area contributed by atoms with Gasteiger partial charge in [-0.1, -0.05) is 48.5 Å². The molecule has 5 heteroatoms. The van der Waals surface area contributed by atoms with Gasteiger partial charge in [0.15, 0.2) is 12.4 Å². The number of carbonyl (C=O) groups is 2. The van der Waals surface area contributed by atoms with E-state index in [0.29, 0.717) is 23.4 Å². The lowest BCUT2D eigenvalue weighted by atomic mass is 10.0. The number of likely N-dealkylation sites (N-methyl/N-ethyl adjacent to an activating group) is 1. The summed E-state index contributed by atoms with van der Waals surface area (Å²) in [7, 11) is 3.33. The number of ether oxygens (including phenoxy) is 2. The van der Waals surface area contributed by atoms with Crippen molar-refractivity contribution in [3.05, 3.63) is 95.6 Å². The average Bonchev–Trinajstić information content (AvgIpc) is 2.78. The zero-order valence-electron chi connectivity index (χ0n) is 16.5. The lowest BCUT2D eigenvalue weighted by Gasteiger charge is -2.19. The van der Waals surface area contributed by atoms with Gasteiger partial charge in [0.1, 0.15) is 11.5 Å². The van der Waals surface area contributed by atoms with Crippen LogP contribution in [-0.2, 0) is 11.3 Å². The minimum absolute atomic E-state index is 0.0511. The van der Waals surface area contributed by atoms with E-state index in [1.807, 2.05) is 42.5 Å². The smallest absolute Gasteiger partial charge is 0.260 e. The van der Waals surface area contributed by atoms with Crippen LogP contribution in [0.15, 0.2) is 78.9 Å². The summed E-state index contributed by atoms with van der Waals surface area (Å²) in [6, 6.07) is 23.5. The van der Waals surface area contributed by atoms with E-state index in [1.165, 1.54) is 0 Å². The lowest BCUT2D eigenvalue weighted by molar-refractivity contribution is -0.132. The summed E-state index contributed by atoms with van der Waals surface area (Å²) in [5.74, 6) is 1.07. The Morgan fingerprint density at radius 2 is 1.45 bits per heavy atom. The monoisotopic (exact) mass is 389 g/mol. The highest BCUT2D eigenvalue weighted by Crippen LogP contribution is 2.19. The molecule has 0 unspecified atom stereocenters. The van der Waals surface area contributed by atoms with Gasteiger partial charge >= 0.3 is 0 Å². The van der Waals surface area contributed by atoms with E-state index < -0.39 is 0 Å². The van der Waals surface area contributed by atoms with Gasteiger partial charge < -0.3 is 14.4 Å². The maximum atomic E-state index is 12.4. The van der Waals surface area contributed by atoms with E-state index >= 15 is 0 Å². The Bertz CT molecular complexity index is 968. The second kappa shape index (κ2) is 9.55. The summed E-state index contributed by atoms with van der Waals surface area (Å²) in [5.41, 5.74) is 2.13. The van der Waals surface area contributed by atoms with Crippen molar-refractivity contribution in [3.8, 4) is 11.5 Å². The Labute approximate surface area is 170 Å². The third-order valence-corrected chi connectivity index (χ3v) is 4.54. The van der Waals surface area contributed by atoms with Crippen molar-refractivity contribution in [1.82, 2.24) is 4.90 Å². The Kier molecular flexibility index (Phi) is 6.63. The van der Waals surface area contributed by atoms with Gasteiger partial charge in [-0.3, -0.25) is 9.59 Å². The average molecular weight is 389 g/mol. The van der Waals surface area contributed by atoms with E-state index in [-0.39, 0.29) is 18.3 Å². The van der Waals surface area contributed by atoms with E-state index in [2.05, 4.69) is 0 Å². The van der Waals surface area contributed by atoms with Crippen molar-refractivity contribution in [2.45, 2.75) is 6.54 Å². The van der Waals surface area contributed by atoms with Gasteiger partial charge in [0.2, 0.25) is 0 Å². The van der Waals surface area contributed by atoms with Crippen LogP contribution in [0.2, 0.25) is 0 Å². The van der Waals surface area contributed by atoms with Crippen LogP contribution in [0.3, 0.4) is 0 Å². The van der Waals surface area contributed by atoms with Gasteiger partial charge in [-0.15, -0.1) is 0 Å². The number of rotatable bonds is 8. The Morgan fingerprint density at radius 1 is 0.828 bits per heavy atom. The summed E-state index contributed by atoms with van der Waals surface area (Å²) in [6.07, 6.45) is 0. The van der Waals surface area contributed by atoms with Gasteiger partial charge in [-0.05, 0) is 30.3 Å². The Balaban J connectivity index is 1.55. The molecule has 0 fully saturated rings. The molecular weight excluding hydrogens is 366 g/mol. The minimum atomic E-state index is -0.152. The van der Waals surface area contributed by atoms with Crippen molar-refractivity contribution < 1.29 is 19.1 Å². The third kappa shape index (κ3) is 5.23. The normalized spacial score (nSPS) is 10.3. The van der Waals surface area contributed by atoms with Gasteiger partial charge in [0, 0.05) is 30.3 Å². The molecule has 0 N–H and O–H groups in total. The maximum absolute atomic E-state index is 12.4. The van der Waals surface area contributed by atoms with E-state index in [1.54, 1.807) is 55.5 Å². The number of hydrogen-bond donors (Lipinski definition) is 0. The van der Waals surface area contributed by atoms with Crippen LogP contribution >= 0.6 is 0 Å². The second-order valence-electron chi connectivity index (χ2n) is 6.57. The zero-order valence-corrected chi connectivity index (χ0v) is 16.5. The van der Waals surface area contributed by atoms with Crippen molar-refractivity contribution in [3.63, 3.8) is 0 Å². The molecule has 148 valence electrons. The van der Waals surface area contributed by atoms with E-state index in [0.717, 1.165) is 11.3 Å². The molecule has 3 aromatic rings. The zero-order chi connectivity index (χ0) is 20.6. The van der Waals surface area contributed by atoms with Crippen LogP contribution in [0.1, 0.15) is 21.5 Å². The molecule has 0 aliphatic heterocycles. The first-order valence-corrected chi connectivity index (χ1v) is 9.27. The van der Waals surface area contributed by atoms with Crippen molar-refractivity contribution in [2.24, 2.45) is 0 Å². The summed E-state index contributed by atoms with van der Waals surface area (Å²) in [5, 5.41) is 0. The number of para-hydroxylation sites is 1. The van der Waals surface area contributed by atoms with Crippen LogP contribution in [0.4, 0.5) is 0 Å². The van der Waals surface area contributed by atoms with Crippen LogP contribution in [0.5, 0.6) is 11.5 Å². The summed E-state index contributed by atoms with van der Waals surface area (Å²) in [6.45, 7) is 0.342. The standard InChI is InChI=1S/C24H23NO4/c1-25(16-20-10-6-7-11-22(20)28-2)23(26)17-29-21-14-12-19(13-15-21)24(27)18-8-4-3-5-9-18/h3-15H,16-17H2,1-2H3. The molecule has 0 saturated heterocycles. The molecule has 0 aromatic heterocycles. The molecular formula is C24H23NO4. The quantitative estimate of drug-likeness (QED) is 0.547. The first-order chi connectivity index (χ1) is 14.1. The van der Waals surface area contributed by atoms with Crippen molar-refractivity contribution in [2.75, 3.05) is 20.8 Å². The van der Waals surface area contributed by atoms with Crippen LogP contribution < -0.4 is 9.47 Å². The first-order valence-electron chi connectivity index (χ1n) is 9.27. The fourth-order valence-electron chi connectivity index (χ4n) is 2.89. The maximum Gasteiger partial charge on any atom is 0.260 e. The van der Waals surface area contributed by atoms with E-state index in [4.69, 9.17) is 9.47 Å². The SMILES string of the molecule is COc1ccccc1CN(C)C(=O)COc1ccc(C(=O)c2ccccc2)cc1. The number of ketones is 1. The predicted octanol–water partition coefficient (Wildman–Crippen LogP) is 3.96. The molecule has 0 radical (unpaired) electrons. The molecule has 0 aliphatic carbocycles. The summed E-state index contributed by atoms with van der Waals surface area (Å²) in [4.78, 5) is 26.4. The second-order valence-corrected chi connectivity index (χ2v) is 6.57. The number of hydrogen-bond acceptors (Lipinski definition) is 4. The van der Waals surface area contributed by atoms with Gasteiger partial charge in [0.25, 0.3) is 5.91 Å². The third-order valence-electron chi connectivity index (χ3n) is 4.54. The van der Waals surface area contributed by atoms with Crippen LogP contribution in [0.25, 0.3) is 0 Å². The fraction of sp³-hybridized carbons (Fsp3) is 0.167. The number of nitrogens with zero attached hydrogens (tertiary/aromatic N) is 1. The molecule has 5 nitrogen and oxygen atoms in total. The highest BCUT2D eigenvalue weighted by molar-refractivity contribution is 6.08. The molecule has 0 bridgehead atoms. The first kappa shape index (κ1) is 20.1. The number of carbonyl (C=O) groups excluding carboxylic acids is 2. The summed E-state index contributed by atoms with van der Waals surface area (Å²) >= 11 is 0. The Hall–Kier alpha value is -3.60. The van der Waals surface area contributed by atoms with Crippen LogP contribution in [-0.4, -0.2) is 37.4 Å². The molecule has 0 heterocycles. The van der Waals surface area contributed by atoms with Crippen molar-refractivity contribution >= 4 is 11.7 Å². The highest BCUT2D eigenvalue weighted by Gasteiger charge is 2.13. The number of amides is 1. The van der Waals surface area contributed by atoms with Gasteiger partial charge in [0.05, 0.1) is 7.11 Å². The number of benzene rings is 3. The molecule has 3 aromatic carbocycles. The minimum Gasteiger partial charge on any atom is -0.496 e. The lowest BCUT2D eigenvalue weighted by Crippen LogP contribution is -2.31. The molecule has 0 saturated carbocycles. The largest absolute Gasteiger partial charge is 0.496 e. The molecule has 0 aliphatic rings. The molecule has 1 amide bonds. The van der Waals surface area contributed by atoms with Crippen LogP contribution in [0, 0.1) is 0 Å². The number of methoxy groups -OCH3 is 1. The topological polar surface area (TPSA) is 55.8 Å². The molecule has 3 rings (SSSR count). The van der Waals surface area contributed by atoms with Gasteiger partial charge in [-0.25, -0.2) is 0 Å². The van der Waals surface area contributed by atoms with Gasteiger partial charge in [-0.2, -0.15) is 0 Å². The Morgan fingerprint density at radius 3 is 2.14 bits per heavy atom. The molecule has 0 atom stereocenters. The molecule has 29 heavy (non-hydrogen) atoms. The highest BCUT2D eigenvalue weighted by atomic mass is 16.5. The fourth-order valence-corrected chi connectivity index (χ4v) is 2.89. The summed E-state index contributed by atoms with van der Waals surface area (Å²) < 4.78 is 10.9. The van der Waals surface area contributed by atoms with Crippen molar-refractivity contribution in [1.29, 1.82) is 0 Å².